The fraction of sp³-hybridized carbons (Fsp3) is 0.333. The predicted octanol–water partition coefficient (Wildman–Crippen LogP) is 7.58. The van der Waals surface area contributed by atoms with Crippen LogP contribution in [-0.4, -0.2) is 42.2 Å². The Bertz CT molecular complexity index is 1620. The average Bonchev–Trinajstić information content (AvgIpc) is 3.51. The highest BCUT2D eigenvalue weighted by Crippen LogP contribution is 2.43. The van der Waals surface area contributed by atoms with Gasteiger partial charge in [0.2, 0.25) is 5.90 Å². The number of aliphatic hydroxyl groups is 1. The molecule has 0 spiro atoms. The van der Waals surface area contributed by atoms with Crippen LogP contribution in [0.15, 0.2) is 113 Å². The first-order valence-corrected chi connectivity index (χ1v) is 17.4. The van der Waals surface area contributed by atoms with Gasteiger partial charge in [-0.15, -0.1) is 0 Å². The molecule has 0 saturated heterocycles. The Morgan fingerprint density at radius 1 is 0.872 bits per heavy atom. The van der Waals surface area contributed by atoms with Crippen molar-refractivity contribution in [3.63, 3.8) is 0 Å². The van der Waals surface area contributed by atoms with E-state index in [0.717, 1.165) is 38.8 Å². The maximum absolute atomic E-state index is 14.5. The first-order valence-electron chi connectivity index (χ1n) is 16.6. The highest BCUT2D eigenvalue weighted by molar-refractivity contribution is 9.10. The molecule has 6 rings (SSSR count). The standard InChI is InChI=1S/C39H42BrN3O4/c40-34-20-12-28(13-21-34)26-39(38(45)43-41-27-29-8-3-1-4-9-29)36(32-16-14-31(15-17-32)30-10-5-2-6-11-30)47-37(42-39)33-18-22-35(23-19-33)46-25-7-24-44/h2,5-6,10-23,29,36,41,44H,1,3-4,7-9,24-27H2,(H,43,45)/t36-,39-/m0/s1. The molecule has 244 valence electrons. The maximum Gasteiger partial charge on any atom is 0.266 e. The number of aliphatic imine (C=N–C) groups is 1. The lowest BCUT2D eigenvalue weighted by atomic mass is 9.82. The van der Waals surface area contributed by atoms with Gasteiger partial charge in [-0.1, -0.05) is 102 Å². The first-order chi connectivity index (χ1) is 23.0. The molecule has 7 nitrogen and oxygen atoms in total. The molecular weight excluding hydrogens is 654 g/mol. The van der Waals surface area contributed by atoms with Crippen molar-refractivity contribution in [3.8, 4) is 16.9 Å². The molecule has 2 aliphatic rings. The number of carbonyl (C=O) groups excluding carboxylic acids is 1. The van der Waals surface area contributed by atoms with Gasteiger partial charge >= 0.3 is 0 Å². The highest BCUT2D eigenvalue weighted by atomic mass is 79.9. The fourth-order valence-electron chi connectivity index (χ4n) is 6.45. The molecule has 1 saturated carbocycles. The molecule has 0 bridgehead atoms. The number of benzene rings is 4. The van der Waals surface area contributed by atoms with E-state index >= 15 is 0 Å². The summed E-state index contributed by atoms with van der Waals surface area (Å²) in [5.74, 6) is 1.42. The van der Waals surface area contributed by atoms with Gasteiger partial charge in [-0.2, -0.15) is 0 Å². The van der Waals surface area contributed by atoms with Crippen LogP contribution in [0.3, 0.4) is 0 Å². The average molecular weight is 697 g/mol. The van der Waals surface area contributed by atoms with E-state index < -0.39 is 11.6 Å². The van der Waals surface area contributed by atoms with E-state index in [9.17, 15) is 4.79 Å². The molecule has 4 aromatic carbocycles. The van der Waals surface area contributed by atoms with E-state index in [1.807, 2.05) is 78.9 Å². The van der Waals surface area contributed by atoms with Gasteiger partial charge in [0.05, 0.1) is 6.61 Å². The Labute approximate surface area is 285 Å². The normalized spacial score (nSPS) is 19.5. The summed E-state index contributed by atoms with van der Waals surface area (Å²) >= 11 is 3.55. The minimum atomic E-state index is -1.28. The minimum Gasteiger partial charge on any atom is -0.494 e. The number of rotatable bonds is 13. The van der Waals surface area contributed by atoms with E-state index in [1.165, 1.54) is 32.1 Å². The van der Waals surface area contributed by atoms with Gasteiger partial charge in [0.15, 0.2) is 11.6 Å². The molecule has 1 heterocycles. The van der Waals surface area contributed by atoms with Crippen LogP contribution in [0.4, 0.5) is 0 Å². The van der Waals surface area contributed by atoms with E-state index in [-0.39, 0.29) is 12.5 Å². The Morgan fingerprint density at radius 2 is 1.55 bits per heavy atom. The Kier molecular flexibility index (Phi) is 11.0. The lowest BCUT2D eigenvalue weighted by molar-refractivity contribution is -0.130. The quantitative estimate of drug-likeness (QED) is 0.0991. The van der Waals surface area contributed by atoms with E-state index in [4.69, 9.17) is 19.6 Å². The molecular formula is C39H42BrN3O4. The van der Waals surface area contributed by atoms with Crippen LogP contribution in [-0.2, 0) is 16.0 Å². The van der Waals surface area contributed by atoms with Crippen molar-refractivity contribution in [2.24, 2.45) is 10.9 Å². The second-order valence-electron chi connectivity index (χ2n) is 12.4. The van der Waals surface area contributed by atoms with Crippen LogP contribution in [0.1, 0.15) is 61.3 Å². The largest absolute Gasteiger partial charge is 0.494 e. The fourth-order valence-corrected chi connectivity index (χ4v) is 6.72. The summed E-state index contributed by atoms with van der Waals surface area (Å²) in [4.78, 5) is 19.7. The van der Waals surface area contributed by atoms with Gasteiger partial charge in [-0.25, -0.2) is 10.4 Å². The second-order valence-corrected chi connectivity index (χ2v) is 13.3. The van der Waals surface area contributed by atoms with Crippen molar-refractivity contribution in [1.82, 2.24) is 10.9 Å². The topological polar surface area (TPSA) is 92.2 Å². The molecule has 47 heavy (non-hydrogen) atoms. The van der Waals surface area contributed by atoms with Gasteiger partial charge in [0, 0.05) is 36.0 Å². The van der Waals surface area contributed by atoms with Gasteiger partial charge < -0.3 is 14.6 Å². The molecule has 0 unspecified atom stereocenters. The third-order valence-corrected chi connectivity index (χ3v) is 9.58. The van der Waals surface area contributed by atoms with Crippen molar-refractivity contribution in [3.05, 3.63) is 124 Å². The smallest absolute Gasteiger partial charge is 0.266 e. The lowest BCUT2D eigenvalue weighted by Gasteiger charge is -2.31. The molecule has 1 amide bonds. The van der Waals surface area contributed by atoms with Gasteiger partial charge in [-0.3, -0.25) is 10.2 Å². The number of ether oxygens (including phenoxy) is 2. The van der Waals surface area contributed by atoms with Crippen molar-refractivity contribution in [2.75, 3.05) is 19.8 Å². The number of hydrogen-bond donors (Lipinski definition) is 3. The summed E-state index contributed by atoms with van der Waals surface area (Å²) in [6, 6.07) is 34.0. The zero-order chi connectivity index (χ0) is 32.5. The number of hydrazine groups is 1. The van der Waals surface area contributed by atoms with Crippen molar-refractivity contribution in [1.29, 1.82) is 0 Å². The summed E-state index contributed by atoms with van der Waals surface area (Å²) in [5, 5.41) is 9.11. The third kappa shape index (κ3) is 8.12. The summed E-state index contributed by atoms with van der Waals surface area (Å²) in [5.41, 5.74) is 9.86. The van der Waals surface area contributed by atoms with Crippen LogP contribution >= 0.6 is 15.9 Å². The van der Waals surface area contributed by atoms with Crippen molar-refractivity contribution < 1.29 is 19.4 Å². The predicted molar refractivity (Wildman–Crippen MR) is 189 cm³/mol. The number of halogens is 1. The van der Waals surface area contributed by atoms with Crippen LogP contribution in [0.5, 0.6) is 5.75 Å². The molecule has 1 aliphatic heterocycles. The van der Waals surface area contributed by atoms with Crippen LogP contribution in [0.25, 0.3) is 11.1 Å². The molecule has 3 N–H and O–H groups in total. The number of nitrogens with zero attached hydrogens (tertiary/aromatic N) is 1. The Morgan fingerprint density at radius 3 is 2.26 bits per heavy atom. The monoisotopic (exact) mass is 695 g/mol. The Balaban J connectivity index is 1.35. The summed E-state index contributed by atoms with van der Waals surface area (Å²) in [6.45, 7) is 1.23. The van der Waals surface area contributed by atoms with Crippen LogP contribution < -0.4 is 15.6 Å². The Hall–Kier alpha value is -3.98. The zero-order valence-corrected chi connectivity index (χ0v) is 28.1. The lowest BCUT2D eigenvalue weighted by Crippen LogP contribution is -2.54. The van der Waals surface area contributed by atoms with E-state index in [2.05, 4.69) is 51.0 Å². The second kappa shape index (κ2) is 15.7. The SMILES string of the molecule is O=C(NNCC1CCCCC1)[C@@]1(Cc2ccc(Br)cc2)N=C(c2ccc(OCCCO)cc2)O[C@H]1c1ccc(-c2ccccc2)cc1. The van der Waals surface area contributed by atoms with Crippen LogP contribution in [0, 0.1) is 5.92 Å². The highest BCUT2D eigenvalue weighted by Gasteiger charge is 2.53. The molecule has 0 radical (unpaired) electrons. The number of nitrogens with one attached hydrogen (secondary N) is 2. The van der Waals surface area contributed by atoms with Crippen molar-refractivity contribution in [2.45, 2.75) is 56.6 Å². The summed E-state index contributed by atoms with van der Waals surface area (Å²) < 4.78 is 13.4. The number of hydrogen-bond acceptors (Lipinski definition) is 6. The number of aliphatic hydroxyl groups excluding tert-OH is 1. The van der Waals surface area contributed by atoms with Gasteiger partial charge in [0.25, 0.3) is 5.91 Å². The molecule has 8 heteroatoms. The first kappa shape index (κ1) is 32.9. The maximum atomic E-state index is 14.5. The van der Waals surface area contributed by atoms with Crippen LogP contribution in [0.2, 0.25) is 0 Å². The molecule has 1 aliphatic carbocycles. The molecule has 1 fully saturated rings. The minimum absolute atomic E-state index is 0.0779. The van der Waals surface area contributed by atoms with Gasteiger partial charge in [0.1, 0.15) is 5.75 Å². The van der Waals surface area contributed by atoms with E-state index in [0.29, 0.717) is 37.0 Å². The summed E-state index contributed by atoms with van der Waals surface area (Å²) in [6.07, 6.45) is 6.34. The third-order valence-electron chi connectivity index (χ3n) is 9.05. The zero-order valence-electron chi connectivity index (χ0n) is 26.5. The van der Waals surface area contributed by atoms with Gasteiger partial charge in [-0.05, 0) is 77.4 Å². The van der Waals surface area contributed by atoms with Crippen molar-refractivity contribution >= 4 is 27.7 Å². The number of carbonyl (C=O) groups is 1. The molecule has 2 atom stereocenters. The molecule has 4 aromatic rings. The number of amides is 1. The summed E-state index contributed by atoms with van der Waals surface area (Å²) in [7, 11) is 0. The molecule has 0 aromatic heterocycles. The van der Waals surface area contributed by atoms with E-state index in [1.54, 1.807) is 0 Å².